The van der Waals surface area contributed by atoms with Gasteiger partial charge in [-0.1, -0.05) is 45.9 Å². The van der Waals surface area contributed by atoms with Gasteiger partial charge < -0.3 is 21.1 Å². The summed E-state index contributed by atoms with van der Waals surface area (Å²) in [5.41, 5.74) is 0.608. The van der Waals surface area contributed by atoms with Gasteiger partial charge in [0, 0.05) is 5.69 Å². The summed E-state index contributed by atoms with van der Waals surface area (Å²) in [6.07, 6.45) is 0.730. The van der Waals surface area contributed by atoms with Crippen LogP contribution in [-0.4, -0.2) is 35.1 Å². The Morgan fingerprint density at radius 3 is 1.92 bits per heavy atom. The quantitative estimate of drug-likeness (QED) is 0.541. The Morgan fingerprint density at radius 1 is 0.885 bits per heavy atom. The highest BCUT2D eigenvalue weighted by molar-refractivity contribution is 5.94. The van der Waals surface area contributed by atoms with Crippen LogP contribution in [0.5, 0.6) is 0 Å². The van der Waals surface area contributed by atoms with E-state index in [0.717, 1.165) is 0 Å². The summed E-state index contributed by atoms with van der Waals surface area (Å²) in [7, 11) is 0. The lowest BCUT2D eigenvalue weighted by molar-refractivity contribution is -0.142. The number of carbonyl (C=O) groups excluding carboxylic acids is 2. The molecule has 1 rings (SSSR count). The molecular weight excluding hydrogens is 334 g/mol. The van der Waals surface area contributed by atoms with Gasteiger partial charge in [-0.3, -0.25) is 4.79 Å². The molecule has 0 radical (unpaired) electrons. The molecule has 4 N–H and O–H groups in total. The molecule has 0 spiro atoms. The number of rotatable bonds is 9. The number of benzene rings is 1. The Morgan fingerprint density at radius 2 is 1.42 bits per heavy atom. The van der Waals surface area contributed by atoms with Crippen LogP contribution in [0.15, 0.2) is 30.3 Å². The summed E-state index contributed by atoms with van der Waals surface area (Å²) < 4.78 is 0. The lowest BCUT2D eigenvalue weighted by Gasteiger charge is -2.23. The van der Waals surface area contributed by atoms with Crippen molar-refractivity contribution >= 4 is 23.6 Å². The topological polar surface area (TPSA) is 108 Å². The minimum absolute atomic E-state index is 0.120. The molecule has 2 atom stereocenters. The average Bonchev–Trinajstić information content (AvgIpc) is 2.53. The number of hydrogen-bond donors (Lipinski definition) is 4. The molecule has 2 unspecified atom stereocenters. The second kappa shape index (κ2) is 10.4. The van der Waals surface area contributed by atoms with Gasteiger partial charge in [0.05, 0.1) is 0 Å². The molecule has 0 bridgehead atoms. The number of carboxylic acids is 1. The van der Waals surface area contributed by atoms with Crippen molar-refractivity contribution in [3.05, 3.63) is 30.3 Å². The van der Waals surface area contributed by atoms with Gasteiger partial charge in [-0.05, 0) is 36.8 Å². The number of anilines is 1. The molecule has 0 aliphatic rings. The van der Waals surface area contributed by atoms with Crippen LogP contribution in [0.4, 0.5) is 10.5 Å². The van der Waals surface area contributed by atoms with Crippen molar-refractivity contribution in [1.29, 1.82) is 0 Å². The Labute approximate surface area is 154 Å². The summed E-state index contributed by atoms with van der Waals surface area (Å²) >= 11 is 0. The maximum Gasteiger partial charge on any atom is 0.326 e. The SMILES string of the molecule is CC(C)CC(NC(=O)C(CC(C)C)NC(=O)Nc1ccccc1)C(=O)O. The summed E-state index contributed by atoms with van der Waals surface area (Å²) in [5, 5.41) is 17.1. The van der Waals surface area contributed by atoms with Crippen LogP contribution in [0.2, 0.25) is 0 Å². The predicted molar refractivity (Wildman–Crippen MR) is 101 cm³/mol. The lowest BCUT2D eigenvalue weighted by Crippen LogP contribution is -2.53. The van der Waals surface area contributed by atoms with Crippen molar-refractivity contribution in [1.82, 2.24) is 10.6 Å². The Balaban J connectivity index is 2.76. The molecule has 26 heavy (non-hydrogen) atoms. The third-order valence-electron chi connectivity index (χ3n) is 3.68. The van der Waals surface area contributed by atoms with E-state index in [2.05, 4.69) is 16.0 Å². The molecule has 0 aromatic heterocycles. The molecule has 0 aliphatic heterocycles. The van der Waals surface area contributed by atoms with E-state index in [4.69, 9.17) is 0 Å². The van der Waals surface area contributed by atoms with Crippen molar-refractivity contribution < 1.29 is 19.5 Å². The Bertz CT molecular complexity index is 602. The molecule has 1 aromatic rings. The van der Waals surface area contributed by atoms with Crippen molar-refractivity contribution in [3.8, 4) is 0 Å². The standard InChI is InChI=1S/C19H29N3O4/c1-12(2)10-15(17(23)21-16(18(24)25)11-13(3)4)22-19(26)20-14-8-6-5-7-9-14/h5-9,12-13,15-16H,10-11H2,1-4H3,(H,21,23)(H,24,25)(H2,20,22,26). The first-order valence-corrected chi connectivity index (χ1v) is 8.84. The Hall–Kier alpha value is -2.57. The van der Waals surface area contributed by atoms with E-state index < -0.39 is 30.0 Å². The zero-order chi connectivity index (χ0) is 19.7. The molecular formula is C19H29N3O4. The van der Waals surface area contributed by atoms with Crippen molar-refractivity contribution in [2.45, 2.75) is 52.6 Å². The summed E-state index contributed by atoms with van der Waals surface area (Å²) in [4.78, 5) is 36.1. The number of urea groups is 1. The highest BCUT2D eigenvalue weighted by atomic mass is 16.4. The van der Waals surface area contributed by atoms with E-state index in [-0.39, 0.29) is 11.8 Å². The molecule has 7 nitrogen and oxygen atoms in total. The van der Waals surface area contributed by atoms with Gasteiger partial charge in [0.1, 0.15) is 12.1 Å². The van der Waals surface area contributed by atoms with Crippen LogP contribution in [-0.2, 0) is 9.59 Å². The predicted octanol–water partition coefficient (Wildman–Crippen LogP) is 2.84. The van der Waals surface area contributed by atoms with Crippen LogP contribution >= 0.6 is 0 Å². The monoisotopic (exact) mass is 363 g/mol. The van der Waals surface area contributed by atoms with Gasteiger partial charge in [-0.25, -0.2) is 9.59 Å². The molecule has 0 fully saturated rings. The van der Waals surface area contributed by atoms with Gasteiger partial charge in [0.25, 0.3) is 0 Å². The highest BCUT2D eigenvalue weighted by Gasteiger charge is 2.27. The zero-order valence-corrected chi connectivity index (χ0v) is 15.8. The summed E-state index contributed by atoms with van der Waals surface area (Å²) in [6.45, 7) is 7.64. The van der Waals surface area contributed by atoms with E-state index in [9.17, 15) is 19.5 Å². The van der Waals surface area contributed by atoms with E-state index in [1.54, 1.807) is 24.3 Å². The smallest absolute Gasteiger partial charge is 0.326 e. The number of aliphatic carboxylic acids is 1. The fraction of sp³-hybridized carbons (Fsp3) is 0.526. The maximum absolute atomic E-state index is 12.5. The first-order chi connectivity index (χ1) is 12.2. The van der Waals surface area contributed by atoms with Crippen LogP contribution in [0.25, 0.3) is 0 Å². The van der Waals surface area contributed by atoms with Gasteiger partial charge in [0.2, 0.25) is 5.91 Å². The number of nitrogens with one attached hydrogen (secondary N) is 3. The fourth-order valence-corrected chi connectivity index (χ4v) is 2.52. The van der Waals surface area contributed by atoms with Crippen molar-refractivity contribution in [2.75, 3.05) is 5.32 Å². The summed E-state index contributed by atoms with van der Waals surface area (Å²) in [5.74, 6) is -1.30. The van der Waals surface area contributed by atoms with Crippen LogP contribution in [0.1, 0.15) is 40.5 Å². The average molecular weight is 363 g/mol. The number of para-hydroxylation sites is 1. The zero-order valence-electron chi connectivity index (χ0n) is 15.8. The largest absolute Gasteiger partial charge is 0.480 e. The second-order valence-electron chi connectivity index (χ2n) is 7.18. The van der Waals surface area contributed by atoms with E-state index in [0.29, 0.717) is 18.5 Å². The fourth-order valence-electron chi connectivity index (χ4n) is 2.52. The minimum Gasteiger partial charge on any atom is -0.480 e. The molecule has 1 aromatic carbocycles. The van der Waals surface area contributed by atoms with Crippen LogP contribution in [0, 0.1) is 11.8 Å². The molecule has 0 heterocycles. The highest BCUT2D eigenvalue weighted by Crippen LogP contribution is 2.10. The van der Waals surface area contributed by atoms with Crippen LogP contribution < -0.4 is 16.0 Å². The van der Waals surface area contributed by atoms with E-state index in [1.807, 2.05) is 33.8 Å². The van der Waals surface area contributed by atoms with E-state index in [1.165, 1.54) is 0 Å². The third kappa shape index (κ3) is 8.00. The first kappa shape index (κ1) is 21.5. The van der Waals surface area contributed by atoms with Gasteiger partial charge in [-0.15, -0.1) is 0 Å². The number of carbonyl (C=O) groups is 3. The van der Waals surface area contributed by atoms with Gasteiger partial charge in [-0.2, -0.15) is 0 Å². The molecule has 0 saturated heterocycles. The first-order valence-electron chi connectivity index (χ1n) is 8.84. The molecule has 144 valence electrons. The van der Waals surface area contributed by atoms with Crippen LogP contribution in [0.3, 0.4) is 0 Å². The number of hydrogen-bond acceptors (Lipinski definition) is 3. The third-order valence-corrected chi connectivity index (χ3v) is 3.68. The summed E-state index contributed by atoms with van der Waals surface area (Å²) in [6, 6.07) is 6.59. The van der Waals surface area contributed by atoms with Gasteiger partial charge >= 0.3 is 12.0 Å². The second-order valence-corrected chi connectivity index (χ2v) is 7.18. The molecule has 3 amide bonds. The number of amides is 3. The van der Waals surface area contributed by atoms with E-state index >= 15 is 0 Å². The molecule has 7 heteroatoms. The van der Waals surface area contributed by atoms with Crippen molar-refractivity contribution in [3.63, 3.8) is 0 Å². The van der Waals surface area contributed by atoms with Gasteiger partial charge in [0.15, 0.2) is 0 Å². The van der Waals surface area contributed by atoms with Crippen molar-refractivity contribution in [2.24, 2.45) is 11.8 Å². The minimum atomic E-state index is -1.08. The normalized spacial score (nSPS) is 13.2. The number of carboxylic acid groups (broad SMARTS) is 1. The lowest BCUT2D eigenvalue weighted by atomic mass is 10.0. The maximum atomic E-state index is 12.5. The Kier molecular flexibility index (Phi) is 8.61. The molecule has 0 saturated carbocycles. The molecule has 0 aliphatic carbocycles.